The zero-order valence-electron chi connectivity index (χ0n) is 10.4. The molecule has 2 unspecified atom stereocenters. The van der Waals surface area contributed by atoms with Crippen LogP contribution in [0.1, 0.15) is 33.1 Å². The molecule has 2 heterocycles. The van der Waals surface area contributed by atoms with Crippen molar-refractivity contribution in [3.05, 3.63) is 24.3 Å². The molecule has 1 saturated heterocycles. The summed E-state index contributed by atoms with van der Waals surface area (Å²) in [7, 11) is 0. The van der Waals surface area contributed by atoms with Crippen LogP contribution in [-0.2, 0) is 9.47 Å². The van der Waals surface area contributed by atoms with Crippen LogP contribution in [0.25, 0.3) is 0 Å². The summed E-state index contributed by atoms with van der Waals surface area (Å²) >= 11 is 0. The Morgan fingerprint density at radius 3 is 2.94 bits per heavy atom. The summed E-state index contributed by atoms with van der Waals surface area (Å²) in [5.41, 5.74) is 1.50. The molecular weight excluding hydrogens is 200 g/mol. The van der Waals surface area contributed by atoms with Gasteiger partial charge in [0.05, 0.1) is 24.9 Å². The number of hydrogen-bond donors (Lipinski definition) is 0. The van der Waals surface area contributed by atoms with E-state index in [0.29, 0.717) is 5.92 Å². The highest BCUT2D eigenvalue weighted by Gasteiger charge is 2.28. The first-order chi connectivity index (χ1) is 7.59. The molecule has 0 aromatic carbocycles. The van der Waals surface area contributed by atoms with Crippen LogP contribution >= 0.6 is 0 Å². The lowest BCUT2D eigenvalue weighted by molar-refractivity contribution is -0.0764. The molecule has 0 amide bonds. The Bertz CT molecular complexity index is 281. The first kappa shape index (κ1) is 11.9. The van der Waals surface area contributed by atoms with E-state index in [2.05, 4.69) is 26.5 Å². The van der Waals surface area contributed by atoms with Crippen LogP contribution in [0.3, 0.4) is 0 Å². The van der Waals surface area contributed by atoms with E-state index >= 15 is 0 Å². The molecular formula is C14H22O2. The first-order valence-corrected chi connectivity index (χ1v) is 6.17. The van der Waals surface area contributed by atoms with E-state index < -0.39 is 0 Å². The Kier molecular flexibility index (Phi) is 3.50. The molecule has 0 N–H and O–H groups in total. The zero-order chi connectivity index (χ0) is 11.6. The molecule has 2 rings (SSSR count). The molecule has 0 aromatic rings. The average Bonchev–Trinajstić information content (AvgIpc) is 2.69. The van der Waals surface area contributed by atoms with Gasteiger partial charge in [-0.1, -0.05) is 12.2 Å². The molecule has 0 aromatic heterocycles. The summed E-state index contributed by atoms with van der Waals surface area (Å²) < 4.78 is 11.4. The molecule has 16 heavy (non-hydrogen) atoms. The van der Waals surface area contributed by atoms with Gasteiger partial charge >= 0.3 is 0 Å². The molecule has 1 fully saturated rings. The summed E-state index contributed by atoms with van der Waals surface area (Å²) in [6.45, 7) is 9.77. The van der Waals surface area contributed by atoms with Gasteiger partial charge < -0.3 is 9.47 Å². The fourth-order valence-corrected chi connectivity index (χ4v) is 2.38. The molecule has 0 saturated carbocycles. The minimum absolute atomic E-state index is 0.0840. The van der Waals surface area contributed by atoms with Crippen molar-refractivity contribution in [1.82, 2.24) is 0 Å². The van der Waals surface area contributed by atoms with E-state index in [1.165, 1.54) is 12.0 Å². The highest BCUT2D eigenvalue weighted by molar-refractivity contribution is 5.16. The Labute approximate surface area is 98.3 Å². The van der Waals surface area contributed by atoms with Crippen molar-refractivity contribution in [2.75, 3.05) is 13.2 Å². The lowest BCUT2D eigenvalue weighted by Crippen LogP contribution is -2.33. The molecule has 2 aliphatic rings. The topological polar surface area (TPSA) is 18.5 Å². The fourth-order valence-electron chi connectivity index (χ4n) is 2.38. The molecule has 0 aliphatic carbocycles. The van der Waals surface area contributed by atoms with Gasteiger partial charge in [-0.15, -0.1) is 6.58 Å². The van der Waals surface area contributed by atoms with Gasteiger partial charge in [0, 0.05) is 0 Å². The molecule has 0 bridgehead atoms. The van der Waals surface area contributed by atoms with Crippen LogP contribution in [-0.4, -0.2) is 24.9 Å². The molecule has 90 valence electrons. The van der Waals surface area contributed by atoms with Gasteiger partial charge in [0.15, 0.2) is 0 Å². The van der Waals surface area contributed by atoms with Crippen LogP contribution < -0.4 is 0 Å². The first-order valence-electron chi connectivity index (χ1n) is 6.17. The Balaban J connectivity index is 1.81. The second-order valence-corrected chi connectivity index (χ2v) is 5.52. The van der Waals surface area contributed by atoms with Crippen molar-refractivity contribution in [3.8, 4) is 0 Å². The summed E-state index contributed by atoms with van der Waals surface area (Å²) in [6, 6.07) is 0. The van der Waals surface area contributed by atoms with Crippen molar-refractivity contribution in [2.45, 2.75) is 44.8 Å². The van der Waals surface area contributed by atoms with Crippen molar-refractivity contribution >= 4 is 0 Å². The van der Waals surface area contributed by atoms with Gasteiger partial charge in [-0.25, -0.2) is 0 Å². The van der Waals surface area contributed by atoms with Crippen LogP contribution in [0.15, 0.2) is 24.3 Å². The fraction of sp³-hybridized carbons (Fsp3) is 0.714. The Morgan fingerprint density at radius 1 is 1.56 bits per heavy atom. The quantitative estimate of drug-likeness (QED) is 0.683. The van der Waals surface area contributed by atoms with Crippen LogP contribution in [0, 0.1) is 5.92 Å². The predicted octanol–water partition coefficient (Wildman–Crippen LogP) is 3.09. The lowest BCUT2D eigenvalue weighted by atomic mass is 9.88. The van der Waals surface area contributed by atoms with Crippen LogP contribution in [0.2, 0.25) is 0 Å². The van der Waals surface area contributed by atoms with Crippen molar-refractivity contribution in [2.24, 2.45) is 5.92 Å². The van der Waals surface area contributed by atoms with Gasteiger partial charge in [0.1, 0.15) is 0 Å². The maximum absolute atomic E-state index is 5.85. The van der Waals surface area contributed by atoms with Gasteiger partial charge in [-0.2, -0.15) is 0 Å². The number of hydrogen-bond acceptors (Lipinski definition) is 2. The Morgan fingerprint density at radius 2 is 2.38 bits per heavy atom. The van der Waals surface area contributed by atoms with E-state index in [1.54, 1.807) is 0 Å². The third kappa shape index (κ3) is 2.96. The predicted molar refractivity (Wildman–Crippen MR) is 65.4 cm³/mol. The van der Waals surface area contributed by atoms with Crippen LogP contribution in [0.4, 0.5) is 0 Å². The van der Waals surface area contributed by atoms with Crippen LogP contribution in [0.5, 0.6) is 0 Å². The van der Waals surface area contributed by atoms with E-state index in [0.717, 1.165) is 26.1 Å². The Hall–Kier alpha value is -0.600. The minimum atomic E-state index is 0.0840. The normalized spacial score (nSPS) is 33.5. The van der Waals surface area contributed by atoms with Crippen molar-refractivity contribution < 1.29 is 9.47 Å². The summed E-state index contributed by atoms with van der Waals surface area (Å²) in [5, 5.41) is 0. The second kappa shape index (κ2) is 4.72. The third-order valence-electron chi connectivity index (χ3n) is 3.51. The van der Waals surface area contributed by atoms with E-state index in [4.69, 9.17) is 9.47 Å². The molecule has 2 atom stereocenters. The molecule has 0 radical (unpaired) electrons. The van der Waals surface area contributed by atoms with Crippen molar-refractivity contribution in [3.63, 3.8) is 0 Å². The highest BCUT2D eigenvalue weighted by atomic mass is 16.5. The number of rotatable bonds is 3. The van der Waals surface area contributed by atoms with Gasteiger partial charge in [0.2, 0.25) is 0 Å². The maximum Gasteiger partial charge on any atom is 0.0942 e. The monoisotopic (exact) mass is 222 g/mol. The average molecular weight is 222 g/mol. The second-order valence-electron chi connectivity index (χ2n) is 5.52. The van der Waals surface area contributed by atoms with Gasteiger partial charge in [0.25, 0.3) is 0 Å². The summed E-state index contributed by atoms with van der Waals surface area (Å²) in [5.74, 6) is 0.673. The smallest absolute Gasteiger partial charge is 0.0942 e. The summed E-state index contributed by atoms with van der Waals surface area (Å²) in [6.07, 6.45) is 7.75. The van der Waals surface area contributed by atoms with E-state index in [9.17, 15) is 0 Å². The third-order valence-corrected chi connectivity index (χ3v) is 3.51. The molecule has 2 aliphatic heterocycles. The van der Waals surface area contributed by atoms with E-state index in [1.807, 2.05) is 6.08 Å². The number of ether oxygens (including phenoxy) is 2. The van der Waals surface area contributed by atoms with Gasteiger partial charge in [-0.05, 0) is 44.6 Å². The highest BCUT2D eigenvalue weighted by Crippen LogP contribution is 2.31. The zero-order valence-corrected chi connectivity index (χ0v) is 10.4. The molecule has 2 heteroatoms. The minimum Gasteiger partial charge on any atom is -0.375 e. The van der Waals surface area contributed by atoms with Gasteiger partial charge in [-0.3, -0.25) is 0 Å². The SMILES string of the molecule is C=CC1C=C(CC2CCC(C)(C)OC2)CO1. The molecule has 0 spiro atoms. The lowest BCUT2D eigenvalue weighted by Gasteiger charge is -2.34. The maximum atomic E-state index is 5.85. The largest absolute Gasteiger partial charge is 0.375 e. The summed E-state index contributed by atoms with van der Waals surface area (Å²) in [4.78, 5) is 0. The molecule has 2 nitrogen and oxygen atoms in total. The van der Waals surface area contributed by atoms with Crippen molar-refractivity contribution in [1.29, 1.82) is 0 Å². The van der Waals surface area contributed by atoms with E-state index in [-0.39, 0.29) is 11.7 Å². The standard InChI is InChI=1S/C14H22O2/c1-4-13-8-12(9-15-13)7-11-5-6-14(2,3)16-10-11/h4,8,11,13H,1,5-7,9-10H2,2-3H3.